The van der Waals surface area contributed by atoms with E-state index in [-0.39, 0.29) is 11.9 Å². The van der Waals surface area contributed by atoms with Crippen molar-refractivity contribution in [1.29, 1.82) is 0 Å². The summed E-state index contributed by atoms with van der Waals surface area (Å²) < 4.78 is 18.5. The molecule has 19 heavy (non-hydrogen) atoms. The Kier molecular flexibility index (Phi) is 5.20. The Morgan fingerprint density at radius 1 is 1.32 bits per heavy atom. The van der Waals surface area contributed by atoms with Gasteiger partial charge in [-0.25, -0.2) is 4.39 Å². The standard InChI is InChI=1S/C16H24FNO/c1-19-16-8-7-13(11-15(16)17)10-14(18)9-12-5-3-2-4-6-12/h7-8,11-12,14H,2-6,9-10,18H2,1H3. The van der Waals surface area contributed by atoms with E-state index in [2.05, 4.69) is 0 Å². The van der Waals surface area contributed by atoms with Gasteiger partial charge in [0.25, 0.3) is 0 Å². The Labute approximate surface area is 115 Å². The Bertz CT molecular complexity index is 402. The van der Waals surface area contributed by atoms with Crippen LogP contribution < -0.4 is 10.5 Å². The summed E-state index contributed by atoms with van der Waals surface area (Å²) in [7, 11) is 1.48. The smallest absolute Gasteiger partial charge is 0.165 e. The van der Waals surface area contributed by atoms with Crippen LogP contribution in [0.2, 0.25) is 0 Å². The summed E-state index contributed by atoms with van der Waals surface area (Å²) in [5.41, 5.74) is 7.16. The molecule has 1 aromatic rings. The van der Waals surface area contributed by atoms with Gasteiger partial charge >= 0.3 is 0 Å². The summed E-state index contributed by atoms with van der Waals surface area (Å²) in [6, 6.07) is 5.26. The molecule has 1 aliphatic rings. The van der Waals surface area contributed by atoms with Crippen LogP contribution in [0.3, 0.4) is 0 Å². The van der Waals surface area contributed by atoms with E-state index < -0.39 is 0 Å². The number of benzene rings is 1. The number of nitrogens with two attached hydrogens (primary N) is 1. The molecule has 1 unspecified atom stereocenters. The fourth-order valence-electron chi connectivity index (χ4n) is 3.07. The van der Waals surface area contributed by atoms with Crippen molar-refractivity contribution in [1.82, 2.24) is 0 Å². The number of rotatable bonds is 5. The first-order valence-electron chi connectivity index (χ1n) is 7.27. The van der Waals surface area contributed by atoms with Crippen molar-refractivity contribution in [2.45, 2.75) is 51.0 Å². The highest BCUT2D eigenvalue weighted by Crippen LogP contribution is 2.28. The highest BCUT2D eigenvalue weighted by molar-refractivity contribution is 5.29. The fraction of sp³-hybridized carbons (Fsp3) is 0.625. The third kappa shape index (κ3) is 4.20. The summed E-state index contributed by atoms with van der Waals surface area (Å²) in [6.45, 7) is 0. The third-order valence-corrected chi connectivity index (χ3v) is 4.07. The number of hydrogen-bond donors (Lipinski definition) is 1. The zero-order chi connectivity index (χ0) is 13.7. The molecule has 0 amide bonds. The summed E-state index contributed by atoms with van der Waals surface area (Å²) in [5, 5.41) is 0. The van der Waals surface area contributed by atoms with Gasteiger partial charge in [-0.15, -0.1) is 0 Å². The van der Waals surface area contributed by atoms with Crippen LogP contribution in [0.25, 0.3) is 0 Å². The molecule has 0 aromatic heterocycles. The molecule has 2 nitrogen and oxygen atoms in total. The number of methoxy groups -OCH3 is 1. The largest absolute Gasteiger partial charge is 0.494 e. The van der Waals surface area contributed by atoms with E-state index in [4.69, 9.17) is 10.5 Å². The average molecular weight is 265 g/mol. The summed E-state index contributed by atoms with van der Waals surface area (Å²) in [4.78, 5) is 0. The van der Waals surface area contributed by atoms with Gasteiger partial charge in [-0.3, -0.25) is 0 Å². The van der Waals surface area contributed by atoms with Crippen molar-refractivity contribution in [2.24, 2.45) is 11.7 Å². The van der Waals surface area contributed by atoms with Crippen LogP contribution in [0, 0.1) is 11.7 Å². The van der Waals surface area contributed by atoms with Crippen molar-refractivity contribution in [3.63, 3.8) is 0 Å². The Hall–Kier alpha value is -1.09. The molecule has 0 spiro atoms. The molecule has 3 heteroatoms. The second-order valence-corrected chi connectivity index (χ2v) is 5.67. The first-order chi connectivity index (χ1) is 9.19. The van der Waals surface area contributed by atoms with E-state index in [1.54, 1.807) is 12.1 Å². The maximum atomic E-state index is 13.6. The molecule has 0 bridgehead atoms. The molecule has 2 N–H and O–H groups in total. The highest BCUT2D eigenvalue weighted by atomic mass is 19.1. The van der Waals surface area contributed by atoms with Crippen molar-refractivity contribution in [3.05, 3.63) is 29.6 Å². The fourth-order valence-corrected chi connectivity index (χ4v) is 3.07. The van der Waals surface area contributed by atoms with E-state index in [1.807, 2.05) is 6.07 Å². The molecule has 0 heterocycles. The SMILES string of the molecule is COc1ccc(CC(N)CC2CCCCC2)cc1F. The Morgan fingerprint density at radius 2 is 2.05 bits per heavy atom. The predicted molar refractivity (Wildman–Crippen MR) is 75.8 cm³/mol. The van der Waals surface area contributed by atoms with Gasteiger partial charge in [-0.1, -0.05) is 38.2 Å². The van der Waals surface area contributed by atoms with Gasteiger partial charge in [0.1, 0.15) is 0 Å². The maximum absolute atomic E-state index is 13.6. The topological polar surface area (TPSA) is 35.2 Å². The van der Waals surface area contributed by atoms with Crippen LogP contribution in [-0.2, 0) is 6.42 Å². The third-order valence-electron chi connectivity index (χ3n) is 4.07. The first kappa shape index (κ1) is 14.3. The van der Waals surface area contributed by atoms with Gasteiger partial charge in [0, 0.05) is 6.04 Å². The molecule has 1 aromatic carbocycles. The van der Waals surface area contributed by atoms with E-state index in [0.717, 1.165) is 24.3 Å². The second kappa shape index (κ2) is 6.90. The minimum Gasteiger partial charge on any atom is -0.494 e. The van der Waals surface area contributed by atoms with Gasteiger partial charge < -0.3 is 10.5 Å². The van der Waals surface area contributed by atoms with Crippen molar-refractivity contribution in [3.8, 4) is 5.75 Å². The van der Waals surface area contributed by atoms with Gasteiger partial charge in [-0.2, -0.15) is 0 Å². The lowest BCUT2D eigenvalue weighted by Crippen LogP contribution is -2.27. The molecule has 106 valence electrons. The van der Waals surface area contributed by atoms with Crippen molar-refractivity contribution in [2.75, 3.05) is 7.11 Å². The van der Waals surface area contributed by atoms with Crippen LogP contribution in [0.15, 0.2) is 18.2 Å². The van der Waals surface area contributed by atoms with Crippen LogP contribution in [-0.4, -0.2) is 13.2 Å². The molecule has 0 saturated heterocycles. The van der Waals surface area contributed by atoms with Crippen LogP contribution in [0.4, 0.5) is 4.39 Å². The van der Waals surface area contributed by atoms with Crippen molar-refractivity contribution < 1.29 is 9.13 Å². The highest BCUT2D eigenvalue weighted by Gasteiger charge is 2.17. The number of hydrogen-bond acceptors (Lipinski definition) is 2. The Balaban J connectivity index is 1.87. The van der Waals surface area contributed by atoms with Crippen LogP contribution in [0.1, 0.15) is 44.1 Å². The Morgan fingerprint density at radius 3 is 2.68 bits per heavy atom. The molecule has 1 fully saturated rings. The first-order valence-corrected chi connectivity index (χ1v) is 7.27. The lowest BCUT2D eigenvalue weighted by Gasteiger charge is -2.24. The molecule has 0 aliphatic heterocycles. The molecule has 2 rings (SSSR count). The summed E-state index contributed by atoms with van der Waals surface area (Å²) in [6.07, 6.45) is 8.49. The zero-order valence-corrected chi connectivity index (χ0v) is 11.7. The number of halogens is 1. The molecule has 0 radical (unpaired) electrons. The summed E-state index contributed by atoms with van der Waals surface area (Å²) >= 11 is 0. The van der Waals surface area contributed by atoms with E-state index in [9.17, 15) is 4.39 Å². The normalized spacial score (nSPS) is 18.3. The molecular weight excluding hydrogens is 241 g/mol. The zero-order valence-electron chi connectivity index (χ0n) is 11.7. The van der Waals surface area contributed by atoms with Gasteiger partial charge in [0.2, 0.25) is 0 Å². The van der Waals surface area contributed by atoms with Crippen LogP contribution >= 0.6 is 0 Å². The lowest BCUT2D eigenvalue weighted by atomic mass is 9.84. The van der Waals surface area contributed by atoms with E-state index >= 15 is 0 Å². The molecule has 1 saturated carbocycles. The van der Waals surface area contributed by atoms with Crippen molar-refractivity contribution >= 4 is 0 Å². The maximum Gasteiger partial charge on any atom is 0.165 e. The average Bonchev–Trinajstić information content (AvgIpc) is 2.40. The summed E-state index contributed by atoms with van der Waals surface area (Å²) in [5.74, 6) is 0.765. The molecule has 1 atom stereocenters. The minimum absolute atomic E-state index is 0.135. The molecule has 1 aliphatic carbocycles. The monoisotopic (exact) mass is 265 g/mol. The number of ether oxygens (including phenoxy) is 1. The second-order valence-electron chi connectivity index (χ2n) is 5.67. The van der Waals surface area contributed by atoms with Gasteiger partial charge in [0.15, 0.2) is 11.6 Å². The van der Waals surface area contributed by atoms with Gasteiger partial charge in [0.05, 0.1) is 7.11 Å². The predicted octanol–water partition coefficient (Wildman–Crippen LogP) is 3.67. The van der Waals surface area contributed by atoms with Crippen LogP contribution in [0.5, 0.6) is 5.75 Å². The van der Waals surface area contributed by atoms with E-state index in [1.165, 1.54) is 39.2 Å². The van der Waals surface area contributed by atoms with Gasteiger partial charge in [-0.05, 0) is 36.5 Å². The van der Waals surface area contributed by atoms with E-state index in [0.29, 0.717) is 5.75 Å². The minimum atomic E-state index is -0.301. The molecular formula is C16H24FNO. The lowest BCUT2D eigenvalue weighted by molar-refractivity contribution is 0.316. The quantitative estimate of drug-likeness (QED) is 0.881.